The normalized spacial score (nSPS) is 17.1. The molecule has 0 saturated carbocycles. The van der Waals surface area contributed by atoms with E-state index in [1.807, 2.05) is 0 Å². The largest absolute Gasteiger partial charge is 0.507 e. The van der Waals surface area contributed by atoms with Crippen molar-refractivity contribution in [1.82, 2.24) is 0 Å². The molecule has 0 spiro atoms. The van der Waals surface area contributed by atoms with Crippen molar-refractivity contribution in [2.75, 3.05) is 6.61 Å². The topological polar surface area (TPSA) is 72.8 Å². The van der Waals surface area contributed by atoms with E-state index >= 15 is 0 Å². The fourth-order valence-corrected chi connectivity index (χ4v) is 1.97. The standard InChI is InChI=1S/C15H16O5/c1-4-19-13(17)10-7-5-9(6-8-10)11-12(16)15(2,3)20-14(11)18/h5-8,16H,4H2,1-3H3. The van der Waals surface area contributed by atoms with Gasteiger partial charge in [0, 0.05) is 0 Å². The lowest BCUT2D eigenvalue weighted by molar-refractivity contribution is -0.143. The fourth-order valence-electron chi connectivity index (χ4n) is 1.97. The predicted octanol–water partition coefficient (Wildman–Crippen LogP) is 2.47. The maximum absolute atomic E-state index is 11.8. The van der Waals surface area contributed by atoms with E-state index in [2.05, 4.69) is 0 Å². The molecule has 0 aliphatic carbocycles. The monoisotopic (exact) mass is 276 g/mol. The van der Waals surface area contributed by atoms with Gasteiger partial charge in [-0.3, -0.25) is 0 Å². The summed E-state index contributed by atoms with van der Waals surface area (Å²) >= 11 is 0. The molecule has 5 heteroatoms. The Kier molecular flexibility index (Phi) is 3.53. The summed E-state index contributed by atoms with van der Waals surface area (Å²) < 4.78 is 9.97. The summed E-state index contributed by atoms with van der Waals surface area (Å²) in [5.41, 5.74) is 0.00419. The molecule has 0 radical (unpaired) electrons. The van der Waals surface area contributed by atoms with E-state index in [9.17, 15) is 14.7 Å². The van der Waals surface area contributed by atoms with Gasteiger partial charge in [-0.25, -0.2) is 9.59 Å². The number of aliphatic hydroxyl groups excluding tert-OH is 1. The Bertz CT molecular complexity index is 581. The molecule has 1 aromatic rings. The number of rotatable bonds is 3. The Hall–Kier alpha value is -2.30. The first-order valence-electron chi connectivity index (χ1n) is 6.31. The number of carbonyl (C=O) groups excluding carboxylic acids is 2. The molecule has 0 fully saturated rings. The SMILES string of the molecule is CCOC(=O)c1ccc(C2=C(O)C(C)(C)OC2=O)cc1. The van der Waals surface area contributed by atoms with Crippen LogP contribution >= 0.6 is 0 Å². The van der Waals surface area contributed by atoms with Gasteiger partial charge in [-0.2, -0.15) is 0 Å². The molecule has 20 heavy (non-hydrogen) atoms. The van der Waals surface area contributed by atoms with E-state index in [0.717, 1.165) is 0 Å². The van der Waals surface area contributed by atoms with Crippen molar-refractivity contribution in [2.45, 2.75) is 26.4 Å². The molecule has 0 aromatic heterocycles. The second-order valence-corrected chi connectivity index (χ2v) is 4.92. The number of benzene rings is 1. The van der Waals surface area contributed by atoms with E-state index in [0.29, 0.717) is 17.7 Å². The van der Waals surface area contributed by atoms with Crippen LogP contribution in [0.5, 0.6) is 0 Å². The van der Waals surface area contributed by atoms with Gasteiger partial charge in [0.1, 0.15) is 5.57 Å². The van der Waals surface area contributed by atoms with E-state index in [-0.39, 0.29) is 11.3 Å². The van der Waals surface area contributed by atoms with Crippen LogP contribution in [0.2, 0.25) is 0 Å². The average Bonchev–Trinajstić information content (AvgIpc) is 2.59. The van der Waals surface area contributed by atoms with Crippen molar-refractivity contribution in [1.29, 1.82) is 0 Å². The highest BCUT2D eigenvalue weighted by Crippen LogP contribution is 2.35. The number of ether oxygens (including phenoxy) is 2. The average molecular weight is 276 g/mol. The molecule has 1 N–H and O–H groups in total. The lowest BCUT2D eigenvalue weighted by Crippen LogP contribution is -2.22. The van der Waals surface area contributed by atoms with Gasteiger partial charge in [0.25, 0.3) is 0 Å². The molecule has 0 atom stereocenters. The van der Waals surface area contributed by atoms with Crippen molar-refractivity contribution in [3.63, 3.8) is 0 Å². The molecule has 106 valence electrons. The molecule has 0 bridgehead atoms. The number of cyclic esters (lactones) is 1. The van der Waals surface area contributed by atoms with E-state index in [4.69, 9.17) is 9.47 Å². The van der Waals surface area contributed by atoms with Gasteiger partial charge >= 0.3 is 11.9 Å². The van der Waals surface area contributed by atoms with Gasteiger partial charge in [-0.15, -0.1) is 0 Å². The van der Waals surface area contributed by atoms with Gasteiger partial charge in [-0.1, -0.05) is 12.1 Å². The zero-order chi connectivity index (χ0) is 14.9. The molecule has 1 aliphatic rings. The molecular formula is C15H16O5. The van der Waals surface area contributed by atoms with E-state index < -0.39 is 17.5 Å². The Morgan fingerprint density at radius 1 is 1.30 bits per heavy atom. The molecule has 2 rings (SSSR count). The predicted molar refractivity (Wildman–Crippen MR) is 72.1 cm³/mol. The highest BCUT2D eigenvalue weighted by Gasteiger charge is 2.41. The van der Waals surface area contributed by atoms with E-state index in [1.165, 1.54) is 0 Å². The smallest absolute Gasteiger partial charge is 0.343 e. The summed E-state index contributed by atoms with van der Waals surface area (Å²) in [6.45, 7) is 5.25. The lowest BCUT2D eigenvalue weighted by Gasteiger charge is -2.16. The Morgan fingerprint density at radius 3 is 2.35 bits per heavy atom. The molecular weight excluding hydrogens is 260 g/mol. The van der Waals surface area contributed by atoms with Gasteiger partial charge in [0.2, 0.25) is 0 Å². The van der Waals surface area contributed by atoms with Crippen molar-refractivity contribution in [3.05, 3.63) is 41.2 Å². The zero-order valence-electron chi connectivity index (χ0n) is 11.6. The minimum Gasteiger partial charge on any atom is -0.507 e. The molecule has 1 heterocycles. The van der Waals surface area contributed by atoms with Crippen molar-refractivity contribution in [2.24, 2.45) is 0 Å². The molecule has 1 aliphatic heterocycles. The van der Waals surface area contributed by atoms with Crippen LogP contribution in [0.1, 0.15) is 36.7 Å². The van der Waals surface area contributed by atoms with Crippen LogP contribution < -0.4 is 0 Å². The summed E-state index contributed by atoms with van der Waals surface area (Å²) in [6.07, 6.45) is 0. The van der Waals surface area contributed by atoms with Crippen molar-refractivity contribution in [3.8, 4) is 0 Å². The van der Waals surface area contributed by atoms with Crippen LogP contribution in [0.4, 0.5) is 0 Å². The first kappa shape index (κ1) is 14.1. The minimum atomic E-state index is -1.02. The summed E-state index contributed by atoms with van der Waals surface area (Å²) in [7, 11) is 0. The Labute approximate surface area is 116 Å². The van der Waals surface area contributed by atoms with Crippen LogP contribution in [0.15, 0.2) is 30.0 Å². The summed E-state index contributed by atoms with van der Waals surface area (Å²) in [6, 6.07) is 6.26. The fraction of sp³-hybridized carbons (Fsp3) is 0.333. The highest BCUT2D eigenvalue weighted by molar-refractivity contribution is 6.19. The van der Waals surface area contributed by atoms with Gasteiger partial charge in [0.05, 0.1) is 12.2 Å². The van der Waals surface area contributed by atoms with Gasteiger partial charge in [-0.05, 0) is 38.5 Å². The van der Waals surface area contributed by atoms with Crippen LogP contribution in [-0.2, 0) is 14.3 Å². The molecule has 0 unspecified atom stereocenters. The number of hydrogen-bond acceptors (Lipinski definition) is 5. The van der Waals surface area contributed by atoms with Gasteiger partial charge < -0.3 is 14.6 Å². The quantitative estimate of drug-likeness (QED) is 0.858. The maximum atomic E-state index is 11.8. The molecule has 5 nitrogen and oxygen atoms in total. The Balaban J connectivity index is 2.34. The number of carbonyl (C=O) groups is 2. The van der Waals surface area contributed by atoms with E-state index in [1.54, 1.807) is 45.0 Å². The third-order valence-electron chi connectivity index (χ3n) is 3.04. The van der Waals surface area contributed by atoms with Crippen LogP contribution in [0.3, 0.4) is 0 Å². The van der Waals surface area contributed by atoms with Crippen LogP contribution in [0.25, 0.3) is 5.57 Å². The van der Waals surface area contributed by atoms with Crippen molar-refractivity contribution >= 4 is 17.5 Å². The maximum Gasteiger partial charge on any atom is 0.343 e. The molecule has 0 saturated heterocycles. The minimum absolute atomic E-state index is 0.105. The number of aliphatic hydroxyl groups is 1. The second-order valence-electron chi connectivity index (χ2n) is 4.92. The van der Waals surface area contributed by atoms with Gasteiger partial charge in [0.15, 0.2) is 11.4 Å². The summed E-state index contributed by atoms with van der Waals surface area (Å²) in [5, 5.41) is 10.0. The third-order valence-corrected chi connectivity index (χ3v) is 3.04. The summed E-state index contributed by atoms with van der Waals surface area (Å²) in [4.78, 5) is 23.3. The number of esters is 2. The first-order chi connectivity index (χ1) is 9.36. The zero-order valence-corrected chi connectivity index (χ0v) is 11.6. The van der Waals surface area contributed by atoms with Crippen LogP contribution in [-0.4, -0.2) is 29.3 Å². The lowest BCUT2D eigenvalue weighted by atomic mass is 9.99. The number of hydrogen-bond donors (Lipinski definition) is 1. The Morgan fingerprint density at radius 2 is 1.90 bits per heavy atom. The highest BCUT2D eigenvalue weighted by atomic mass is 16.6. The van der Waals surface area contributed by atoms with Crippen LogP contribution in [0, 0.1) is 0 Å². The molecule has 1 aromatic carbocycles. The summed E-state index contributed by atoms with van der Waals surface area (Å²) in [5.74, 6) is -1.10. The molecule has 0 amide bonds. The second kappa shape index (κ2) is 5.00. The third kappa shape index (κ3) is 2.39. The van der Waals surface area contributed by atoms with Crippen molar-refractivity contribution < 1.29 is 24.2 Å². The first-order valence-corrected chi connectivity index (χ1v) is 6.31.